The third-order valence-corrected chi connectivity index (χ3v) is 2.92. The second-order valence-corrected chi connectivity index (χ2v) is 4.49. The number of ether oxygens (including phenoxy) is 2. The Balaban J connectivity index is 2.44. The number of nitrogens with zero attached hydrogens (tertiary/aromatic N) is 2. The Morgan fingerprint density at radius 2 is 2.00 bits per heavy atom. The lowest BCUT2D eigenvalue weighted by molar-refractivity contribution is 0.00973. The van der Waals surface area contributed by atoms with Gasteiger partial charge in [0.2, 0.25) is 5.82 Å². The van der Waals surface area contributed by atoms with E-state index in [1.54, 1.807) is 25.3 Å². The van der Waals surface area contributed by atoms with E-state index >= 15 is 0 Å². The van der Waals surface area contributed by atoms with Crippen molar-refractivity contribution < 1.29 is 19.1 Å². The molecule has 0 aliphatic carbocycles. The van der Waals surface area contributed by atoms with Gasteiger partial charge < -0.3 is 19.1 Å². The Labute approximate surface area is 111 Å². The number of phenolic OH excluding ortho intramolecular Hbond substituents is 1. The molecule has 102 valence electrons. The smallest absolute Gasteiger partial charge is 0.261 e. The van der Waals surface area contributed by atoms with Crippen molar-refractivity contribution in [1.82, 2.24) is 10.1 Å². The van der Waals surface area contributed by atoms with Crippen LogP contribution in [0.25, 0.3) is 11.5 Å². The summed E-state index contributed by atoms with van der Waals surface area (Å²) in [5.41, 5.74) is -0.235. The molecule has 1 aromatic carbocycles. The highest BCUT2D eigenvalue weighted by atomic mass is 16.5. The first kappa shape index (κ1) is 13.4. The van der Waals surface area contributed by atoms with Crippen LogP contribution in [0.2, 0.25) is 0 Å². The summed E-state index contributed by atoms with van der Waals surface area (Å²) in [4.78, 5) is 4.24. The summed E-state index contributed by atoms with van der Waals surface area (Å²) in [6.45, 7) is 3.65. The predicted octanol–water partition coefficient (Wildman–Crippen LogP) is 2.33. The van der Waals surface area contributed by atoms with Crippen molar-refractivity contribution >= 4 is 0 Å². The molecule has 0 fully saturated rings. The Morgan fingerprint density at radius 3 is 2.63 bits per heavy atom. The minimum absolute atomic E-state index is 0.0320. The molecule has 1 heterocycles. The summed E-state index contributed by atoms with van der Waals surface area (Å²) in [6.07, 6.45) is 0. The molecule has 0 aliphatic rings. The SMILES string of the molecule is COc1cccc(-c2nc(C(C)(C)OC)no2)c1O. The van der Waals surface area contributed by atoms with E-state index < -0.39 is 5.60 Å². The van der Waals surface area contributed by atoms with Gasteiger partial charge in [0.25, 0.3) is 5.89 Å². The van der Waals surface area contributed by atoms with Crippen molar-refractivity contribution in [3.05, 3.63) is 24.0 Å². The van der Waals surface area contributed by atoms with Crippen molar-refractivity contribution in [3.63, 3.8) is 0 Å². The first-order valence-corrected chi connectivity index (χ1v) is 5.75. The van der Waals surface area contributed by atoms with Crippen LogP contribution in [0.1, 0.15) is 19.7 Å². The number of aromatic hydroxyl groups is 1. The average molecular weight is 264 g/mol. The van der Waals surface area contributed by atoms with Gasteiger partial charge in [-0.15, -0.1) is 0 Å². The van der Waals surface area contributed by atoms with Crippen molar-refractivity contribution in [3.8, 4) is 23.0 Å². The van der Waals surface area contributed by atoms with Gasteiger partial charge in [-0.2, -0.15) is 4.98 Å². The standard InChI is InChI=1S/C13H16N2O4/c1-13(2,18-4)12-14-11(19-15-12)8-6-5-7-9(17-3)10(8)16/h5-7,16H,1-4H3. The van der Waals surface area contributed by atoms with Gasteiger partial charge in [-0.1, -0.05) is 11.2 Å². The van der Waals surface area contributed by atoms with Crippen LogP contribution in [0.4, 0.5) is 0 Å². The topological polar surface area (TPSA) is 77.6 Å². The summed E-state index contributed by atoms with van der Waals surface area (Å²) in [5.74, 6) is 0.947. The molecule has 0 spiro atoms. The summed E-state index contributed by atoms with van der Waals surface area (Å²) in [7, 11) is 3.05. The van der Waals surface area contributed by atoms with Gasteiger partial charge in [0.15, 0.2) is 11.5 Å². The number of phenols is 1. The molecule has 0 bridgehead atoms. The van der Waals surface area contributed by atoms with E-state index in [1.165, 1.54) is 7.11 Å². The Bertz CT molecular complexity index is 578. The van der Waals surface area contributed by atoms with Crippen LogP contribution in [0, 0.1) is 0 Å². The van der Waals surface area contributed by atoms with Crippen molar-refractivity contribution in [2.45, 2.75) is 19.4 Å². The minimum Gasteiger partial charge on any atom is -0.504 e. The van der Waals surface area contributed by atoms with Crippen LogP contribution < -0.4 is 4.74 Å². The van der Waals surface area contributed by atoms with Crippen LogP contribution in [0.15, 0.2) is 22.7 Å². The molecule has 19 heavy (non-hydrogen) atoms. The molecule has 2 rings (SSSR count). The van der Waals surface area contributed by atoms with Gasteiger partial charge in [0.05, 0.1) is 12.7 Å². The van der Waals surface area contributed by atoms with Crippen LogP contribution >= 0.6 is 0 Å². The fraction of sp³-hybridized carbons (Fsp3) is 0.385. The second-order valence-electron chi connectivity index (χ2n) is 4.49. The van der Waals surface area contributed by atoms with Gasteiger partial charge in [0.1, 0.15) is 5.60 Å². The zero-order chi connectivity index (χ0) is 14.0. The van der Waals surface area contributed by atoms with E-state index in [-0.39, 0.29) is 11.6 Å². The molecule has 1 aromatic heterocycles. The predicted molar refractivity (Wildman–Crippen MR) is 68.0 cm³/mol. The molecule has 6 heteroatoms. The van der Waals surface area contributed by atoms with Crippen LogP contribution in [-0.2, 0) is 10.3 Å². The molecule has 6 nitrogen and oxygen atoms in total. The lowest BCUT2D eigenvalue weighted by Crippen LogP contribution is -2.21. The van der Waals surface area contributed by atoms with Gasteiger partial charge >= 0.3 is 0 Å². The molecule has 0 atom stereocenters. The van der Waals surface area contributed by atoms with Crippen LogP contribution in [0.3, 0.4) is 0 Å². The zero-order valence-electron chi connectivity index (χ0n) is 11.3. The maximum atomic E-state index is 10.0. The number of benzene rings is 1. The molecular weight excluding hydrogens is 248 g/mol. The molecule has 0 radical (unpaired) electrons. The highest BCUT2D eigenvalue weighted by molar-refractivity contribution is 5.66. The molecule has 0 aliphatic heterocycles. The first-order valence-electron chi connectivity index (χ1n) is 5.75. The van der Waals surface area contributed by atoms with E-state index in [0.29, 0.717) is 17.1 Å². The number of hydrogen-bond donors (Lipinski definition) is 1. The summed E-state index contributed by atoms with van der Waals surface area (Å²) in [5, 5.41) is 13.9. The zero-order valence-corrected chi connectivity index (χ0v) is 11.3. The fourth-order valence-corrected chi connectivity index (χ4v) is 1.53. The quantitative estimate of drug-likeness (QED) is 0.913. The number of hydrogen-bond acceptors (Lipinski definition) is 6. The number of aromatic nitrogens is 2. The molecule has 2 aromatic rings. The van der Waals surface area contributed by atoms with Gasteiger partial charge in [-0.25, -0.2) is 0 Å². The van der Waals surface area contributed by atoms with Gasteiger partial charge in [-0.05, 0) is 26.0 Å². The van der Waals surface area contributed by atoms with E-state index in [2.05, 4.69) is 10.1 Å². The molecule has 1 N–H and O–H groups in total. The summed E-state index contributed by atoms with van der Waals surface area (Å²) >= 11 is 0. The Kier molecular flexibility index (Phi) is 3.44. The van der Waals surface area contributed by atoms with E-state index in [9.17, 15) is 5.11 Å². The largest absolute Gasteiger partial charge is 0.504 e. The Hall–Kier alpha value is -2.08. The van der Waals surface area contributed by atoms with Gasteiger partial charge in [0, 0.05) is 7.11 Å². The lowest BCUT2D eigenvalue weighted by Gasteiger charge is -2.17. The highest BCUT2D eigenvalue weighted by Crippen LogP contribution is 2.36. The molecule has 0 amide bonds. The molecule has 0 saturated carbocycles. The summed E-state index contributed by atoms with van der Waals surface area (Å²) in [6, 6.07) is 5.06. The molecule has 0 saturated heterocycles. The Morgan fingerprint density at radius 1 is 1.26 bits per heavy atom. The van der Waals surface area contributed by atoms with Crippen molar-refractivity contribution in [1.29, 1.82) is 0 Å². The third kappa shape index (κ3) is 2.39. The van der Waals surface area contributed by atoms with Gasteiger partial charge in [-0.3, -0.25) is 0 Å². The van der Waals surface area contributed by atoms with Crippen molar-refractivity contribution in [2.75, 3.05) is 14.2 Å². The first-order chi connectivity index (χ1) is 8.99. The van der Waals surface area contributed by atoms with E-state index in [4.69, 9.17) is 14.0 Å². The molecule has 0 unspecified atom stereocenters. The number of rotatable bonds is 4. The number of methoxy groups -OCH3 is 2. The minimum atomic E-state index is -0.657. The van der Waals surface area contributed by atoms with Crippen molar-refractivity contribution in [2.24, 2.45) is 0 Å². The van der Waals surface area contributed by atoms with E-state index in [0.717, 1.165) is 0 Å². The maximum absolute atomic E-state index is 10.0. The number of para-hydroxylation sites is 1. The fourth-order valence-electron chi connectivity index (χ4n) is 1.53. The highest BCUT2D eigenvalue weighted by Gasteiger charge is 2.27. The monoisotopic (exact) mass is 264 g/mol. The lowest BCUT2D eigenvalue weighted by atomic mass is 10.1. The second kappa shape index (κ2) is 4.89. The van der Waals surface area contributed by atoms with Crippen LogP contribution in [0.5, 0.6) is 11.5 Å². The average Bonchev–Trinajstić information content (AvgIpc) is 2.89. The third-order valence-electron chi connectivity index (χ3n) is 2.92. The maximum Gasteiger partial charge on any atom is 0.261 e. The molecular formula is C13H16N2O4. The summed E-state index contributed by atoms with van der Waals surface area (Å²) < 4.78 is 15.5. The van der Waals surface area contributed by atoms with E-state index in [1.807, 2.05) is 13.8 Å². The normalized spacial score (nSPS) is 11.6. The van der Waals surface area contributed by atoms with Crippen LogP contribution in [-0.4, -0.2) is 29.5 Å².